The number of carbonyl (C=O) groups excluding carboxylic acids is 1. The summed E-state index contributed by atoms with van der Waals surface area (Å²) in [5.74, 6) is 0.885. The molecule has 1 aromatic carbocycles. The number of hydrogen-bond donors (Lipinski definition) is 2. The van der Waals surface area contributed by atoms with Crippen molar-refractivity contribution in [1.82, 2.24) is 10.6 Å². The van der Waals surface area contributed by atoms with Crippen LogP contribution in [0.25, 0.3) is 0 Å². The lowest BCUT2D eigenvalue weighted by atomic mass is 9.73. The number of ether oxygens (including phenoxy) is 1. The highest BCUT2D eigenvalue weighted by molar-refractivity contribution is 5.88. The molecule has 0 saturated carbocycles. The van der Waals surface area contributed by atoms with Gasteiger partial charge >= 0.3 is 0 Å². The molecular formula is C19H28N2O2. The summed E-state index contributed by atoms with van der Waals surface area (Å²) in [6.45, 7) is 6.38. The van der Waals surface area contributed by atoms with Gasteiger partial charge in [0.1, 0.15) is 0 Å². The molecule has 4 nitrogen and oxygen atoms in total. The molecule has 0 aromatic heterocycles. The van der Waals surface area contributed by atoms with Crippen molar-refractivity contribution in [2.24, 2.45) is 5.92 Å². The van der Waals surface area contributed by atoms with Gasteiger partial charge in [0.15, 0.2) is 0 Å². The number of rotatable bonds is 5. The molecule has 0 bridgehead atoms. The standard InChI is InChI=1S/C19H28N2O2/c1-15-2-4-17(5-3-15)19(8-12-23-13-9-19)18(22)21-11-7-16-6-10-20-14-16/h2-5,16,20H,6-14H2,1H3,(H,21,22). The smallest absolute Gasteiger partial charge is 0.230 e. The van der Waals surface area contributed by atoms with Crippen LogP contribution in [-0.2, 0) is 14.9 Å². The topological polar surface area (TPSA) is 50.4 Å². The summed E-state index contributed by atoms with van der Waals surface area (Å²) in [7, 11) is 0. The van der Waals surface area contributed by atoms with E-state index in [0.717, 1.165) is 44.5 Å². The van der Waals surface area contributed by atoms with Gasteiger partial charge in [-0.1, -0.05) is 29.8 Å². The van der Waals surface area contributed by atoms with E-state index in [-0.39, 0.29) is 5.91 Å². The van der Waals surface area contributed by atoms with Crippen LogP contribution in [0.1, 0.15) is 36.8 Å². The Balaban J connectivity index is 1.67. The van der Waals surface area contributed by atoms with Gasteiger partial charge < -0.3 is 15.4 Å². The molecule has 2 heterocycles. The molecule has 1 amide bonds. The van der Waals surface area contributed by atoms with Crippen molar-refractivity contribution < 1.29 is 9.53 Å². The molecule has 2 fully saturated rings. The van der Waals surface area contributed by atoms with Crippen LogP contribution in [0.3, 0.4) is 0 Å². The first-order valence-electron chi connectivity index (χ1n) is 8.85. The summed E-state index contributed by atoms with van der Waals surface area (Å²) >= 11 is 0. The van der Waals surface area contributed by atoms with Gasteiger partial charge in [-0.25, -0.2) is 0 Å². The van der Waals surface area contributed by atoms with E-state index in [2.05, 4.69) is 41.8 Å². The van der Waals surface area contributed by atoms with Crippen molar-refractivity contribution >= 4 is 5.91 Å². The zero-order valence-electron chi connectivity index (χ0n) is 14.1. The van der Waals surface area contributed by atoms with Crippen molar-refractivity contribution in [3.63, 3.8) is 0 Å². The molecule has 1 atom stereocenters. The second-order valence-electron chi connectivity index (χ2n) is 6.96. The Kier molecular flexibility index (Phi) is 5.34. The Labute approximate surface area is 139 Å². The van der Waals surface area contributed by atoms with Crippen LogP contribution in [-0.4, -0.2) is 38.8 Å². The first kappa shape index (κ1) is 16.5. The quantitative estimate of drug-likeness (QED) is 0.875. The summed E-state index contributed by atoms with van der Waals surface area (Å²) in [6, 6.07) is 8.43. The average molecular weight is 316 g/mol. The minimum atomic E-state index is -0.417. The fourth-order valence-electron chi connectivity index (χ4n) is 3.76. The zero-order chi connectivity index (χ0) is 16.1. The van der Waals surface area contributed by atoms with E-state index in [1.54, 1.807) is 0 Å². The second-order valence-corrected chi connectivity index (χ2v) is 6.96. The Morgan fingerprint density at radius 1 is 1.30 bits per heavy atom. The van der Waals surface area contributed by atoms with Crippen LogP contribution in [0.15, 0.2) is 24.3 Å². The lowest BCUT2D eigenvalue weighted by Crippen LogP contribution is -2.48. The fraction of sp³-hybridized carbons (Fsp3) is 0.632. The maximum atomic E-state index is 13.0. The van der Waals surface area contributed by atoms with Crippen LogP contribution >= 0.6 is 0 Å². The number of amides is 1. The van der Waals surface area contributed by atoms with Gasteiger partial charge in [-0.3, -0.25) is 4.79 Å². The summed E-state index contributed by atoms with van der Waals surface area (Å²) in [4.78, 5) is 13.0. The van der Waals surface area contributed by atoms with Gasteiger partial charge in [0, 0.05) is 19.8 Å². The van der Waals surface area contributed by atoms with Gasteiger partial charge in [0.2, 0.25) is 5.91 Å². The van der Waals surface area contributed by atoms with E-state index in [4.69, 9.17) is 4.74 Å². The average Bonchev–Trinajstić information content (AvgIpc) is 3.09. The van der Waals surface area contributed by atoms with Crippen LogP contribution in [0, 0.1) is 12.8 Å². The zero-order valence-corrected chi connectivity index (χ0v) is 14.1. The van der Waals surface area contributed by atoms with E-state index >= 15 is 0 Å². The summed E-state index contributed by atoms with van der Waals surface area (Å²) in [5, 5.41) is 6.59. The number of nitrogens with one attached hydrogen (secondary N) is 2. The van der Waals surface area contributed by atoms with E-state index in [1.807, 2.05) is 0 Å². The highest BCUT2D eigenvalue weighted by Crippen LogP contribution is 2.35. The molecule has 2 aliphatic heterocycles. The lowest BCUT2D eigenvalue weighted by Gasteiger charge is -2.36. The molecule has 1 aromatic rings. The molecule has 23 heavy (non-hydrogen) atoms. The highest BCUT2D eigenvalue weighted by Gasteiger charge is 2.41. The molecule has 0 aliphatic carbocycles. The summed E-state index contributed by atoms with van der Waals surface area (Å²) in [5.41, 5.74) is 1.94. The Hall–Kier alpha value is -1.39. The van der Waals surface area contributed by atoms with Crippen molar-refractivity contribution in [2.75, 3.05) is 32.8 Å². The molecule has 0 spiro atoms. The van der Waals surface area contributed by atoms with Gasteiger partial charge in [-0.15, -0.1) is 0 Å². The number of carbonyl (C=O) groups is 1. The molecule has 126 valence electrons. The van der Waals surface area contributed by atoms with Crippen LogP contribution in [0.5, 0.6) is 0 Å². The molecule has 2 aliphatic rings. The predicted octanol–water partition coefficient (Wildman–Crippen LogP) is 2.16. The minimum Gasteiger partial charge on any atom is -0.381 e. The number of hydrogen-bond acceptors (Lipinski definition) is 3. The molecule has 0 radical (unpaired) electrons. The van der Waals surface area contributed by atoms with E-state index in [0.29, 0.717) is 19.1 Å². The molecule has 2 N–H and O–H groups in total. The summed E-state index contributed by atoms with van der Waals surface area (Å²) < 4.78 is 5.52. The maximum Gasteiger partial charge on any atom is 0.230 e. The van der Waals surface area contributed by atoms with Crippen molar-refractivity contribution in [2.45, 2.75) is 38.0 Å². The Morgan fingerprint density at radius 2 is 2.04 bits per heavy atom. The van der Waals surface area contributed by atoms with Crippen LogP contribution in [0.4, 0.5) is 0 Å². The van der Waals surface area contributed by atoms with E-state index < -0.39 is 5.41 Å². The van der Waals surface area contributed by atoms with Crippen LogP contribution in [0.2, 0.25) is 0 Å². The molecular weight excluding hydrogens is 288 g/mol. The molecule has 1 unspecified atom stereocenters. The Morgan fingerprint density at radius 3 is 2.70 bits per heavy atom. The van der Waals surface area contributed by atoms with Gasteiger partial charge in [0.05, 0.1) is 5.41 Å². The minimum absolute atomic E-state index is 0.176. The Bertz CT molecular complexity index is 515. The summed E-state index contributed by atoms with van der Waals surface area (Å²) in [6.07, 6.45) is 3.84. The third-order valence-corrected chi connectivity index (χ3v) is 5.39. The molecule has 4 heteroatoms. The monoisotopic (exact) mass is 316 g/mol. The number of benzene rings is 1. The number of aryl methyl sites for hydroxylation is 1. The largest absolute Gasteiger partial charge is 0.381 e. The lowest BCUT2D eigenvalue weighted by molar-refractivity contribution is -0.130. The third kappa shape index (κ3) is 3.75. The molecule has 2 saturated heterocycles. The van der Waals surface area contributed by atoms with E-state index in [1.165, 1.54) is 12.0 Å². The maximum absolute atomic E-state index is 13.0. The predicted molar refractivity (Wildman–Crippen MR) is 91.5 cm³/mol. The van der Waals surface area contributed by atoms with Gasteiger partial charge in [0.25, 0.3) is 0 Å². The molecule has 3 rings (SSSR count). The normalized spacial score (nSPS) is 23.6. The van der Waals surface area contributed by atoms with Crippen molar-refractivity contribution in [3.8, 4) is 0 Å². The van der Waals surface area contributed by atoms with Crippen molar-refractivity contribution in [1.29, 1.82) is 0 Å². The highest BCUT2D eigenvalue weighted by atomic mass is 16.5. The van der Waals surface area contributed by atoms with Gasteiger partial charge in [-0.05, 0) is 57.2 Å². The van der Waals surface area contributed by atoms with Crippen molar-refractivity contribution in [3.05, 3.63) is 35.4 Å². The van der Waals surface area contributed by atoms with E-state index in [9.17, 15) is 4.79 Å². The first-order valence-corrected chi connectivity index (χ1v) is 8.85. The van der Waals surface area contributed by atoms with Gasteiger partial charge in [-0.2, -0.15) is 0 Å². The first-order chi connectivity index (χ1) is 11.2. The fourth-order valence-corrected chi connectivity index (χ4v) is 3.76. The third-order valence-electron chi connectivity index (χ3n) is 5.39. The second kappa shape index (κ2) is 7.45. The SMILES string of the molecule is Cc1ccc(C2(C(=O)NCCC3CCNC3)CCOCC2)cc1. The van der Waals surface area contributed by atoms with Crippen LogP contribution < -0.4 is 10.6 Å².